The van der Waals surface area contributed by atoms with Crippen molar-refractivity contribution >= 4 is 11.4 Å². The van der Waals surface area contributed by atoms with E-state index >= 15 is 0 Å². The second-order valence-electron chi connectivity index (χ2n) is 5.19. The smallest absolute Gasteiger partial charge is 0.393 e. The zero-order valence-corrected chi connectivity index (χ0v) is 11.2. The Balaban J connectivity index is 2.27. The van der Waals surface area contributed by atoms with Gasteiger partial charge in [0, 0.05) is 18.7 Å². The van der Waals surface area contributed by atoms with Gasteiger partial charge in [0.05, 0.1) is 10.5 Å². The molecule has 116 valence electrons. The highest BCUT2D eigenvalue weighted by Crippen LogP contribution is 2.38. The molecule has 0 heterocycles. The van der Waals surface area contributed by atoms with Crippen molar-refractivity contribution in [2.24, 2.45) is 0 Å². The van der Waals surface area contributed by atoms with Crippen LogP contribution >= 0.6 is 0 Å². The van der Waals surface area contributed by atoms with Gasteiger partial charge in [0.25, 0.3) is 5.69 Å². The number of hydrogen-bond acceptors (Lipinski definition) is 4. The molecule has 0 aromatic heterocycles. The molecule has 1 aromatic rings. The molecule has 1 aliphatic rings. The Kier molecular flexibility index (Phi) is 4.36. The molecule has 0 saturated heterocycles. The first kappa shape index (κ1) is 15.6. The third kappa shape index (κ3) is 3.63. The van der Waals surface area contributed by atoms with E-state index in [2.05, 4.69) is 5.32 Å². The summed E-state index contributed by atoms with van der Waals surface area (Å²) in [5.41, 5.74) is 2.80. The number of nitro groups is 1. The van der Waals surface area contributed by atoms with E-state index in [1.807, 2.05) is 0 Å². The maximum Gasteiger partial charge on any atom is 0.418 e. The monoisotopic (exact) mass is 303 g/mol. The van der Waals surface area contributed by atoms with E-state index < -0.39 is 28.0 Å². The first-order valence-electron chi connectivity index (χ1n) is 6.66. The maximum atomic E-state index is 12.9. The number of halogens is 3. The molecule has 21 heavy (non-hydrogen) atoms. The van der Waals surface area contributed by atoms with E-state index in [0.717, 1.165) is 37.8 Å². The van der Waals surface area contributed by atoms with Gasteiger partial charge in [-0.3, -0.25) is 10.1 Å². The normalized spacial score (nSPS) is 16.3. The predicted octanol–water partition coefficient (Wildman–Crippen LogP) is 3.23. The molecule has 0 atom stereocenters. The lowest BCUT2D eigenvalue weighted by Crippen LogP contribution is -2.25. The summed E-state index contributed by atoms with van der Waals surface area (Å²) in [6, 6.07) is 2.24. The zero-order valence-electron chi connectivity index (χ0n) is 11.2. The number of hydrogen-bond donors (Lipinski definition) is 2. The molecule has 0 amide bonds. The minimum Gasteiger partial charge on any atom is -0.393 e. The van der Waals surface area contributed by atoms with Gasteiger partial charge in [-0.05, 0) is 24.5 Å². The van der Waals surface area contributed by atoms with E-state index in [-0.39, 0.29) is 18.2 Å². The number of benzene rings is 1. The van der Waals surface area contributed by atoms with Crippen LogP contribution in [0.4, 0.5) is 24.5 Å². The molecule has 0 aliphatic heterocycles. The number of rotatable bonds is 4. The van der Waals surface area contributed by atoms with Crippen LogP contribution in [-0.2, 0) is 12.7 Å². The number of nitrogen functional groups attached to an aromatic ring is 1. The highest BCUT2D eigenvalue weighted by Gasteiger charge is 2.36. The van der Waals surface area contributed by atoms with Crippen LogP contribution in [-0.4, -0.2) is 11.0 Å². The van der Waals surface area contributed by atoms with Gasteiger partial charge in [-0.25, -0.2) is 0 Å². The molecule has 1 saturated carbocycles. The second-order valence-corrected chi connectivity index (χ2v) is 5.19. The third-order valence-corrected chi connectivity index (χ3v) is 3.67. The summed E-state index contributed by atoms with van der Waals surface area (Å²) >= 11 is 0. The molecule has 1 aromatic carbocycles. The van der Waals surface area contributed by atoms with Crippen LogP contribution in [0.3, 0.4) is 0 Å². The zero-order chi connectivity index (χ0) is 15.6. The fourth-order valence-corrected chi connectivity index (χ4v) is 2.58. The molecule has 2 rings (SSSR count). The number of alkyl halides is 3. The molecule has 0 unspecified atom stereocenters. The first-order chi connectivity index (χ1) is 9.79. The van der Waals surface area contributed by atoms with Crippen molar-refractivity contribution in [2.75, 3.05) is 5.73 Å². The van der Waals surface area contributed by atoms with E-state index in [4.69, 9.17) is 5.73 Å². The van der Waals surface area contributed by atoms with Crippen LogP contribution in [0.15, 0.2) is 12.1 Å². The van der Waals surface area contributed by atoms with Crippen molar-refractivity contribution in [1.29, 1.82) is 0 Å². The summed E-state index contributed by atoms with van der Waals surface area (Å²) < 4.78 is 38.7. The van der Waals surface area contributed by atoms with Gasteiger partial charge in [-0.2, -0.15) is 13.2 Å². The Hall–Kier alpha value is -1.83. The molecule has 0 spiro atoms. The van der Waals surface area contributed by atoms with Crippen LogP contribution in [0.5, 0.6) is 0 Å². The average molecular weight is 303 g/mol. The van der Waals surface area contributed by atoms with Crippen LogP contribution < -0.4 is 11.1 Å². The highest BCUT2D eigenvalue weighted by atomic mass is 19.4. The topological polar surface area (TPSA) is 81.2 Å². The summed E-state index contributed by atoms with van der Waals surface area (Å²) in [4.78, 5) is 9.97. The SMILES string of the molecule is Nc1c([N+](=O)[O-])cc(CNC2CCCC2)cc1C(F)(F)F. The largest absolute Gasteiger partial charge is 0.418 e. The average Bonchev–Trinajstić information content (AvgIpc) is 2.88. The molecule has 0 radical (unpaired) electrons. The van der Waals surface area contributed by atoms with E-state index in [1.54, 1.807) is 0 Å². The minimum atomic E-state index is -4.71. The van der Waals surface area contributed by atoms with Gasteiger partial charge in [0.2, 0.25) is 0 Å². The first-order valence-corrected chi connectivity index (χ1v) is 6.66. The van der Waals surface area contributed by atoms with Gasteiger partial charge in [-0.1, -0.05) is 12.8 Å². The fourth-order valence-electron chi connectivity index (χ4n) is 2.58. The summed E-state index contributed by atoms with van der Waals surface area (Å²) in [5, 5.41) is 14.0. The number of nitrogens with one attached hydrogen (secondary N) is 1. The number of nitro benzene ring substituents is 1. The van der Waals surface area contributed by atoms with Crippen molar-refractivity contribution in [2.45, 2.75) is 44.4 Å². The number of nitrogens with zero attached hydrogens (tertiary/aromatic N) is 1. The van der Waals surface area contributed by atoms with Gasteiger partial charge in [-0.15, -0.1) is 0 Å². The Morgan fingerprint density at radius 2 is 1.95 bits per heavy atom. The number of anilines is 1. The molecule has 1 fully saturated rings. The molecule has 1 aliphatic carbocycles. The highest BCUT2D eigenvalue weighted by molar-refractivity contribution is 5.65. The quantitative estimate of drug-likeness (QED) is 0.508. The standard InChI is InChI=1S/C13H16F3N3O2/c14-13(15,16)10-5-8(6-11(12(10)17)19(20)21)7-18-9-3-1-2-4-9/h5-6,9,18H,1-4,7,17H2. The minimum absolute atomic E-state index is 0.162. The number of nitrogens with two attached hydrogens (primary N) is 1. The molecule has 0 bridgehead atoms. The summed E-state index contributed by atoms with van der Waals surface area (Å²) in [6.07, 6.45) is -0.578. The van der Waals surface area contributed by atoms with Crippen molar-refractivity contribution in [3.05, 3.63) is 33.4 Å². The fraction of sp³-hybridized carbons (Fsp3) is 0.538. The second kappa shape index (κ2) is 5.88. The molecular formula is C13H16F3N3O2. The summed E-state index contributed by atoms with van der Waals surface area (Å²) in [7, 11) is 0. The Bertz CT molecular complexity index is 540. The summed E-state index contributed by atoms with van der Waals surface area (Å²) in [6.45, 7) is 0.162. The summed E-state index contributed by atoms with van der Waals surface area (Å²) in [5.74, 6) is 0. The van der Waals surface area contributed by atoms with Crippen LogP contribution in [0.25, 0.3) is 0 Å². The maximum absolute atomic E-state index is 12.9. The Labute approximate surface area is 119 Å². The van der Waals surface area contributed by atoms with Crippen LogP contribution in [0.1, 0.15) is 36.8 Å². The van der Waals surface area contributed by atoms with Crippen molar-refractivity contribution < 1.29 is 18.1 Å². The lowest BCUT2D eigenvalue weighted by Gasteiger charge is -2.15. The Morgan fingerprint density at radius 3 is 2.48 bits per heavy atom. The van der Waals surface area contributed by atoms with Crippen molar-refractivity contribution in [3.63, 3.8) is 0 Å². The van der Waals surface area contributed by atoms with Crippen LogP contribution in [0.2, 0.25) is 0 Å². The molecule has 8 heteroatoms. The van der Waals surface area contributed by atoms with Gasteiger partial charge >= 0.3 is 6.18 Å². The molecule has 5 nitrogen and oxygen atoms in total. The van der Waals surface area contributed by atoms with Crippen LogP contribution in [0, 0.1) is 10.1 Å². The van der Waals surface area contributed by atoms with Gasteiger partial charge in [0.15, 0.2) is 0 Å². The van der Waals surface area contributed by atoms with E-state index in [1.165, 1.54) is 0 Å². The Morgan fingerprint density at radius 1 is 1.33 bits per heavy atom. The molecule has 3 N–H and O–H groups in total. The van der Waals surface area contributed by atoms with E-state index in [9.17, 15) is 23.3 Å². The van der Waals surface area contributed by atoms with Gasteiger partial charge < -0.3 is 11.1 Å². The molecular weight excluding hydrogens is 287 g/mol. The van der Waals surface area contributed by atoms with Gasteiger partial charge in [0.1, 0.15) is 5.69 Å². The third-order valence-electron chi connectivity index (χ3n) is 3.67. The van der Waals surface area contributed by atoms with Crippen molar-refractivity contribution in [3.8, 4) is 0 Å². The van der Waals surface area contributed by atoms with E-state index in [0.29, 0.717) is 0 Å². The lowest BCUT2D eigenvalue weighted by molar-refractivity contribution is -0.384. The van der Waals surface area contributed by atoms with Crippen molar-refractivity contribution in [1.82, 2.24) is 5.32 Å². The lowest BCUT2D eigenvalue weighted by atomic mass is 10.1. The predicted molar refractivity (Wildman–Crippen MR) is 71.6 cm³/mol.